The Labute approximate surface area is 161 Å². The van der Waals surface area contributed by atoms with Gasteiger partial charge in [0.15, 0.2) is 0 Å². The Balaban J connectivity index is 1.25. The molecule has 1 heterocycles. The minimum absolute atomic E-state index is 0.419. The Morgan fingerprint density at radius 3 is 2.44 bits per heavy atom. The fourth-order valence-electron chi connectivity index (χ4n) is 5.22. The van der Waals surface area contributed by atoms with Gasteiger partial charge in [0.2, 0.25) is 10.0 Å². The van der Waals surface area contributed by atoms with Gasteiger partial charge in [-0.1, -0.05) is 42.5 Å². The third-order valence-electron chi connectivity index (χ3n) is 6.76. The lowest BCUT2D eigenvalue weighted by molar-refractivity contribution is -0.907. The van der Waals surface area contributed by atoms with E-state index < -0.39 is 10.0 Å². The summed E-state index contributed by atoms with van der Waals surface area (Å²) in [5.74, 6) is 2.40. The Morgan fingerprint density at radius 2 is 1.74 bits per heavy atom. The Hall–Kier alpha value is -1.69. The maximum absolute atomic E-state index is 13.1. The molecule has 1 saturated carbocycles. The van der Waals surface area contributed by atoms with Crippen LogP contribution in [0.3, 0.4) is 0 Å². The van der Waals surface area contributed by atoms with Crippen molar-refractivity contribution in [2.75, 3.05) is 32.7 Å². The third kappa shape index (κ3) is 3.22. The smallest absolute Gasteiger partial charge is 0.243 e. The molecule has 0 unspecified atom stereocenters. The molecule has 1 saturated heterocycles. The standard InChI is InChI=1S/C22H26N2O2S/c25-27(26,22-8-7-18-3-1-2-4-19(18)15-22)24-11-9-23(10-12-24)16-21-14-17-5-6-20(21)13-17/h1-8,15,17,20-21H,9-14,16H2/p+1/t17-,20+,21-/m1/s1. The van der Waals surface area contributed by atoms with E-state index in [2.05, 4.69) is 12.2 Å². The van der Waals surface area contributed by atoms with Crippen molar-refractivity contribution in [1.82, 2.24) is 4.31 Å². The van der Waals surface area contributed by atoms with Crippen molar-refractivity contribution < 1.29 is 13.3 Å². The Morgan fingerprint density at radius 1 is 0.963 bits per heavy atom. The third-order valence-corrected chi connectivity index (χ3v) is 8.65. The van der Waals surface area contributed by atoms with Crippen molar-refractivity contribution in [2.24, 2.45) is 17.8 Å². The second-order valence-corrected chi connectivity index (χ2v) is 10.3. The minimum atomic E-state index is -3.40. The van der Waals surface area contributed by atoms with E-state index in [1.807, 2.05) is 36.4 Å². The molecule has 1 N–H and O–H groups in total. The molecule has 3 atom stereocenters. The zero-order valence-electron chi connectivity index (χ0n) is 15.5. The van der Waals surface area contributed by atoms with Crippen LogP contribution in [0.4, 0.5) is 0 Å². The van der Waals surface area contributed by atoms with Gasteiger partial charge in [-0.15, -0.1) is 0 Å². The topological polar surface area (TPSA) is 41.8 Å². The van der Waals surface area contributed by atoms with Gasteiger partial charge >= 0.3 is 0 Å². The first-order valence-corrected chi connectivity index (χ1v) is 11.5. The van der Waals surface area contributed by atoms with Crippen LogP contribution < -0.4 is 4.90 Å². The normalized spacial score (nSPS) is 29.0. The molecule has 0 amide bonds. The highest BCUT2D eigenvalue weighted by atomic mass is 32.2. The van der Waals surface area contributed by atoms with Crippen LogP contribution in [0.25, 0.3) is 10.8 Å². The van der Waals surface area contributed by atoms with Gasteiger partial charge in [-0.2, -0.15) is 4.31 Å². The van der Waals surface area contributed by atoms with E-state index in [4.69, 9.17) is 0 Å². The number of benzene rings is 2. The zero-order valence-corrected chi connectivity index (χ0v) is 16.4. The molecule has 2 aromatic rings. The molecule has 3 aliphatic rings. The van der Waals surface area contributed by atoms with Crippen LogP contribution in [0.5, 0.6) is 0 Å². The number of sulfonamides is 1. The maximum Gasteiger partial charge on any atom is 0.243 e. The van der Waals surface area contributed by atoms with Crippen LogP contribution >= 0.6 is 0 Å². The Bertz CT molecular complexity index is 977. The van der Waals surface area contributed by atoms with Gasteiger partial charge in [-0.3, -0.25) is 0 Å². The number of quaternary nitrogens is 1. The average Bonchev–Trinajstić information content (AvgIpc) is 3.31. The molecular formula is C22H27N2O2S+. The molecule has 5 rings (SSSR count). The lowest BCUT2D eigenvalue weighted by Crippen LogP contribution is -3.15. The van der Waals surface area contributed by atoms with Crippen molar-refractivity contribution >= 4 is 20.8 Å². The summed E-state index contributed by atoms with van der Waals surface area (Å²) >= 11 is 0. The molecule has 0 aromatic heterocycles. The summed E-state index contributed by atoms with van der Waals surface area (Å²) in [4.78, 5) is 1.99. The molecular weight excluding hydrogens is 356 g/mol. The number of hydrogen-bond acceptors (Lipinski definition) is 2. The monoisotopic (exact) mass is 383 g/mol. The van der Waals surface area contributed by atoms with Crippen molar-refractivity contribution in [3.05, 3.63) is 54.6 Å². The van der Waals surface area contributed by atoms with Crippen LogP contribution in [-0.2, 0) is 10.0 Å². The molecule has 142 valence electrons. The highest BCUT2D eigenvalue weighted by Crippen LogP contribution is 2.42. The fraction of sp³-hybridized carbons (Fsp3) is 0.455. The van der Waals surface area contributed by atoms with Crippen molar-refractivity contribution in [2.45, 2.75) is 17.7 Å². The quantitative estimate of drug-likeness (QED) is 0.820. The molecule has 2 fully saturated rings. The lowest BCUT2D eigenvalue weighted by Gasteiger charge is -2.33. The van der Waals surface area contributed by atoms with Crippen molar-refractivity contribution in [1.29, 1.82) is 0 Å². The molecule has 1 aliphatic heterocycles. The highest BCUT2D eigenvalue weighted by molar-refractivity contribution is 7.89. The second-order valence-electron chi connectivity index (χ2n) is 8.41. The second kappa shape index (κ2) is 6.73. The first-order chi connectivity index (χ1) is 13.1. The van der Waals surface area contributed by atoms with Crippen molar-refractivity contribution in [3.8, 4) is 0 Å². The summed E-state index contributed by atoms with van der Waals surface area (Å²) in [5, 5.41) is 2.05. The molecule has 5 heteroatoms. The molecule has 2 bridgehead atoms. The van der Waals surface area contributed by atoms with Crippen LogP contribution in [0.1, 0.15) is 12.8 Å². The lowest BCUT2D eigenvalue weighted by atomic mass is 9.93. The summed E-state index contributed by atoms with van der Waals surface area (Å²) < 4.78 is 27.9. The number of fused-ring (bicyclic) bond motifs is 3. The zero-order chi connectivity index (χ0) is 18.4. The van der Waals surface area contributed by atoms with Crippen LogP contribution in [0.15, 0.2) is 59.5 Å². The molecule has 2 aliphatic carbocycles. The van der Waals surface area contributed by atoms with Gasteiger partial charge in [-0.25, -0.2) is 8.42 Å². The van der Waals surface area contributed by atoms with Crippen LogP contribution in [0, 0.1) is 17.8 Å². The van der Waals surface area contributed by atoms with E-state index in [9.17, 15) is 8.42 Å². The van der Waals surface area contributed by atoms with E-state index in [-0.39, 0.29) is 0 Å². The van der Waals surface area contributed by atoms with E-state index in [0.717, 1.165) is 41.6 Å². The van der Waals surface area contributed by atoms with Gasteiger partial charge in [0, 0.05) is 5.92 Å². The SMILES string of the molecule is O=S(=O)(c1ccc2ccccc2c1)N1CC[NH+](C[C@H]2C[C@@H]3C=C[C@H]2C3)CC1. The summed E-state index contributed by atoms with van der Waals surface area (Å²) in [6, 6.07) is 13.4. The highest BCUT2D eigenvalue weighted by Gasteiger charge is 2.39. The average molecular weight is 384 g/mol. The summed E-state index contributed by atoms with van der Waals surface area (Å²) in [5.41, 5.74) is 0. The summed E-state index contributed by atoms with van der Waals surface area (Å²) in [6.45, 7) is 4.30. The summed E-state index contributed by atoms with van der Waals surface area (Å²) in [7, 11) is -3.40. The van der Waals surface area contributed by atoms with E-state index in [1.54, 1.807) is 15.3 Å². The van der Waals surface area contributed by atoms with Gasteiger partial charge in [-0.05, 0) is 47.6 Å². The number of piperazine rings is 1. The number of hydrogen-bond donors (Lipinski definition) is 1. The van der Waals surface area contributed by atoms with Gasteiger partial charge in [0.1, 0.15) is 0 Å². The molecule has 0 radical (unpaired) electrons. The van der Waals surface area contributed by atoms with Crippen LogP contribution in [-0.4, -0.2) is 45.4 Å². The fourth-order valence-corrected chi connectivity index (χ4v) is 6.70. The van der Waals surface area contributed by atoms with E-state index >= 15 is 0 Å². The molecule has 0 spiro atoms. The first-order valence-electron chi connectivity index (χ1n) is 10.1. The van der Waals surface area contributed by atoms with Gasteiger partial charge in [0.05, 0.1) is 37.6 Å². The van der Waals surface area contributed by atoms with Crippen molar-refractivity contribution in [3.63, 3.8) is 0 Å². The van der Waals surface area contributed by atoms with E-state index in [0.29, 0.717) is 18.0 Å². The van der Waals surface area contributed by atoms with Crippen LogP contribution in [0.2, 0.25) is 0 Å². The largest absolute Gasteiger partial charge is 0.332 e. The summed E-state index contributed by atoms with van der Waals surface area (Å²) in [6.07, 6.45) is 7.49. The van der Waals surface area contributed by atoms with Gasteiger partial charge < -0.3 is 4.90 Å². The number of allylic oxidation sites excluding steroid dienone is 2. The predicted molar refractivity (Wildman–Crippen MR) is 107 cm³/mol. The molecule has 2 aromatic carbocycles. The Kier molecular flexibility index (Phi) is 4.34. The minimum Gasteiger partial charge on any atom is -0.332 e. The molecule has 27 heavy (non-hydrogen) atoms. The first kappa shape index (κ1) is 17.4. The number of nitrogens with zero attached hydrogens (tertiary/aromatic N) is 1. The van der Waals surface area contributed by atoms with Gasteiger partial charge in [0.25, 0.3) is 0 Å². The number of nitrogens with one attached hydrogen (secondary N) is 1. The molecule has 4 nitrogen and oxygen atoms in total. The predicted octanol–water partition coefficient (Wildman–Crippen LogP) is 1.94. The van der Waals surface area contributed by atoms with E-state index in [1.165, 1.54) is 19.4 Å². The number of rotatable bonds is 4. The maximum atomic E-state index is 13.1.